The highest BCUT2D eigenvalue weighted by Gasteiger charge is 2.20. The minimum absolute atomic E-state index is 0.264. The van der Waals surface area contributed by atoms with Crippen LogP contribution < -0.4 is 4.72 Å². The lowest BCUT2D eigenvalue weighted by molar-refractivity contribution is 0.566. The average molecular weight is 372 g/mol. The molecule has 2 aromatic rings. The zero-order valence-corrected chi connectivity index (χ0v) is 14.6. The Balaban J connectivity index is 2.22. The van der Waals surface area contributed by atoms with E-state index in [0.29, 0.717) is 5.33 Å². The molecule has 7 heteroatoms. The number of alkyl halides is 1. The summed E-state index contributed by atoms with van der Waals surface area (Å²) in [7, 11) is -1.71. The summed E-state index contributed by atoms with van der Waals surface area (Å²) in [6, 6.07) is 6.48. The lowest BCUT2D eigenvalue weighted by atomic mass is 10.1. The number of sulfonamides is 1. The van der Waals surface area contributed by atoms with Crippen molar-refractivity contribution in [3.8, 4) is 0 Å². The SMILES string of the molecule is Cc1c(C(C)NS(=O)(=O)c2ccc(CBr)cc2)cnn1C. The summed E-state index contributed by atoms with van der Waals surface area (Å²) in [4.78, 5) is 0.264. The molecule has 1 N–H and O–H groups in total. The molecule has 21 heavy (non-hydrogen) atoms. The van der Waals surface area contributed by atoms with Crippen LogP contribution in [0, 0.1) is 6.92 Å². The summed E-state index contributed by atoms with van der Waals surface area (Å²) in [5.74, 6) is 0. The van der Waals surface area contributed by atoms with Gasteiger partial charge in [0.15, 0.2) is 0 Å². The standard InChI is InChI=1S/C14H18BrN3O2S/c1-10(14-9-16-18(3)11(14)2)17-21(19,20)13-6-4-12(8-15)5-7-13/h4-7,9-10,17H,8H2,1-3H3. The largest absolute Gasteiger partial charge is 0.273 e. The number of hydrogen-bond donors (Lipinski definition) is 1. The highest BCUT2D eigenvalue weighted by Crippen LogP contribution is 2.20. The van der Waals surface area contributed by atoms with E-state index in [2.05, 4.69) is 25.8 Å². The molecule has 114 valence electrons. The first kappa shape index (κ1) is 16.2. The van der Waals surface area contributed by atoms with Crippen LogP contribution in [0.1, 0.15) is 29.8 Å². The van der Waals surface area contributed by atoms with Crippen LogP contribution in [0.15, 0.2) is 35.4 Å². The van der Waals surface area contributed by atoms with Crippen LogP contribution in [-0.2, 0) is 22.4 Å². The molecule has 0 saturated heterocycles. The number of nitrogens with one attached hydrogen (secondary N) is 1. The molecule has 1 aromatic carbocycles. The second kappa shape index (κ2) is 6.29. The number of nitrogens with zero attached hydrogens (tertiary/aromatic N) is 2. The second-order valence-electron chi connectivity index (χ2n) is 4.93. The zero-order valence-electron chi connectivity index (χ0n) is 12.2. The minimum atomic E-state index is -3.54. The number of rotatable bonds is 5. The van der Waals surface area contributed by atoms with Gasteiger partial charge in [-0.3, -0.25) is 4.68 Å². The fourth-order valence-corrected chi connectivity index (χ4v) is 3.66. The van der Waals surface area contributed by atoms with Crippen LogP contribution in [0.3, 0.4) is 0 Å². The lowest BCUT2D eigenvalue weighted by Crippen LogP contribution is -2.27. The van der Waals surface area contributed by atoms with Crippen molar-refractivity contribution in [3.63, 3.8) is 0 Å². The van der Waals surface area contributed by atoms with E-state index in [4.69, 9.17) is 0 Å². The van der Waals surface area contributed by atoms with Gasteiger partial charge < -0.3 is 0 Å². The van der Waals surface area contributed by atoms with E-state index in [1.807, 2.05) is 20.9 Å². The first-order chi connectivity index (χ1) is 9.85. The Hall–Kier alpha value is -1.18. The molecule has 0 aliphatic rings. The maximum atomic E-state index is 12.4. The maximum absolute atomic E-state index is 12.4. The molecular weight excluding hydrogens is 354 g/mol. The van der Waals surface area contributed by atoms with Crippen LogP contribution in [0.2, 0.25) is 0 Å². The van der Waals surface area contributed by atoms with Crippen molar-refractivity contribution in [1.29, 1.82) is 0 Å². The van der Waals surface area contributed by atoms with E-state index < -0.39 is 10.0 Å². The number of aromatic nitrogens is 2. The third-order valence-corrected chi connectivity index (χ3v) is 5.66. The van der Waals surface area contributed by atoms with E-state index >= 15 is 0 Å². The summed E-state index contributed by atoms with van der Waals surface area (Å²) in [5, 5.41) is 4.84. The van der Waals surface area contributed by atoms with Crippen LogP contribution in [0.25, 0.3) is 0 Å². The molecule has 1 atom stereocenters. The molecule has 1 heterocycles. The quantitative estimate of drug-likeness (QED) is 0.821. The number of benzene rings is 1. The molecule has 2 rings (SSSR count). The predicted molar refractivity (Wildman–Crippen MR) is 85.8 cm³/mol. The van der Waals surface area contributed by atoms with Crippen molar-refractivity contribution in [3.05, 3.63) is 47.3 Å². The Kier molecular flexibility index (Phi) is 4.85. The van der Waals surface area contributed by atoms with Crippen molar-refractivity contribution in [1.82, 2.24) is 14.5 Å². The van der Waals surface area contributed by atoms with Gasteiger partial charge in [0, 0.05) is 29.7 Å². The van der Waals surface area contributed by atoms with E-state index in [1.165, 1.54) is 0 Å². The average Bonchev–Trinajstić information content (AvgIpc) is 2.78. The van der Waals surface area contributed by atoms with Crippen LogP contribution >= 0.6 is 15.9 Å². The topological polar surface area (TPSA) is 64.0 Å². The Morgan fingerprint density at radius 1 is 1.33 bits per heavy atom. The van der Waals surface area contributed by atoms with E-state index in [-0.39, 0.29) is 10.9 Å². The fourth-order valence-electron chi connectivity index (χ4n) is 2.06. The van der Waals surface area contributed by atoms with Gasteiger partial charge in [-0.25, -0.2) is 13.1 Å². The van der Waals surface area contributed by atoms with E-state index in [0.717, 1.165) is 16.8 Å². The highest BCUT2D eigenvalue weighted by atomic mass is 79.9. The smallest absolute Gasteiger partial charge is 0.241 e. The van der Waals surface area contributed by atoms with Gasteiger partial charge in [0.1, 0.15) is 0 Å². The monoisotopic (exact) mass is 371 g/mol. The van der Waals surface area contributed by atoms with Gasteiger partial charge in [0.05, 0.1) is 11.1 Å². The van der Waals surface area contributed by atoms with Gasteiger partial charge in [-0.2, -0.15) is 5.10 Å². The van der Waals surface area contributed by atoms with E-state index in [1.54, 1.807) is 35.1 Å². The maximum Gasteiger partial charge on any atom is 0.241 e. The van der Waals surface area contributed by atoms with E-state index in [9.17, 15) is 8.42 Å². The summed E-state index contributed by atoms with van der Waals surface area (Å²) in [6.45, 7) is 3.73. The van der Waals surface area contributed by atoms with Crippen molar-refractivity contribution >= 4 is 26.0 Å². The minimum Gasteiger partial charge on any atom is -0.273 e. The lowest BCUT2D eigenvalue weighted by Gasteiger charge is -2.14. The Morgan fingerprint density at radius 2 is 1.95 bits per heavy atom. The fraction of sp³-hybridized carbons (Fsp3) is 0.357. The normalized spacial score (nSPS) is 13.3. The van der Waals surface area contributed by atoms with Gasteiger partial charge >= 0.3 is 0 Å². The molecule has 0 radical (unpaired) electrons. The molecule has 0 aliphatic heterocycles. The summed E-state index contributed by atoms with van der Waals surface area (Å²) >= 11 is 3.34. The van der Waals surface area contributed by atoms with Crippen molar-refractivity contribution in [2.24, 2.45) is 7.05 Å². The molecule has 1 aromatic heterocycles. The molecule has 0 saturated carbocycles. The second-order valence-corrected chi connectivity index (χ2v) is 7.20. The number of halogens is 1. The first-order valence-corrected chi connectivity index (χ1v) is 9.11. The van der Waals surface area contributed by atoms with Crippen LogP contribution in [-0.4, -0.2) is 18.2 Å². The molecule has 0 spiro atoms. The van der Waals surface area contributed by atoms with Crippen molar-refractivity contribution in [2.75, 3.05) is 0 Å². The van der Waals surface area contributed by atoms with Crippen molar-refractivity contribution < 1.29 is 8.42 Å². The molecule has 0 bridgehead atoms. The van der Waals surface area contributed by atoms with Crippen molar-refractivity contribution in [2.45, 2.75) is 30.1 Å². The van der Waals surface area contributed by atoms with Gasteiger partial charge in [-0.15, -0.1) is 0 Å². The Bertz CT molecular complexity index is 723. The third kappa shape index (κ3) is 3.53. The number of hydrogen-bond acceptors (Lipinski definition) is 3. The first-order valence-electron chi connectivity index (χ1n) is 6.51. The summed E-state index contributed by atoms with van der Waals surface area (Å²) in [5.41, 5.74) is 2.85. The predicted octanol–water partition coefficient (Wildman–Crippen LogP) is 2.66. The molecule has 0 amide bonds. The van der Waals surface area contributed by atoms with Crippen LogP contribution in [0.5, 0.6) is 0 Å². The van der Waals surface area contributed by atoms with Gasteiger partial charge in [-0.05, 0) is 31.5 Å². The summed E-state index contributed by atoms with van der Waals surface area (Å²) in [6.07, 6.45) is 1.69. The Morgan fingerprint density at radius 3 is 2.43 bits per heavy atom. The van der Waals surface area contributed by atoms with Gasteiger partial charge in [0.25, 0.3) is 0 Å². The molecular formula is C14H18BrN3O2S. The van der Waals surface area contributed by atoms with Crippen LogP contribution in [0.4, 0.5) is 0 Å². The molecule has 5 nitrogen and oxygen atoms in total. The summed E-state index contributed by atoms with van der Waals surface area (Å²) < 4.78 is 29.2. The molecule has 0 fully saturated rings. The molecule has 0 aliphatic carbocycles. The number of aryl methyl sites for hydroxylation is 1. The zero-order chi connectivity index (χ0) is 15.6. The third-order valence-electron chi connectivity index (χ3n) is 3.46. The van der Waals surface area contributed by atoms with Gasteiger partial charge in [-0.1, -0.05) is 28.1 Å². The van der Waals surface area contributed by atoms with Gasteiger partial charge in [0.2, 0.25) is 10.0 Å². The molecule has 1 unspecified atom stereocenters. The highest BCUT2D eigenvalue weighted by molar-refractivity contribution is 9.08. The Labute approximate surface area is 133 Å².